The Morgan fingerprint density at radius 3 is 2.67 bits per heavy atom. The van der Waals surface area contributed by atoms with Crippen LogP contribution in [0.3, 0.4) is 0 Å². The first-order chi connectivity index (χ1) is 7.13. The third-order valence-corrected chi connectivity index (χ3v) is 3.51. The van der Waals surface area contributed by atoms with Gasteiger partial charge in [-0.25, -0.2) is 0 Å². The molecule has 2 aromatic rings. The predicted molar refractivity (Wildman–Crippen MR) is 68.5 cm³/mol. The highest BCUT2D eigenvalue weighted by Gasteiger charge is 2.07. The molecule has 0 saturated heterocycles. The largest absolute Gasteiger partial charge is 0.388 e. The van der Waals surface area contributed by atoms with Gasteiger partial charge in [0.15, 0.2) is 0 Å². The van der Waals surface area contributed by atoms with E-state index in [-0.39, 0.29) is 0 Å². The van der Waals surface area contributed by atoms with E-state index in [1.54, 1.807) is 0 Å². The molecule has 0 unspecified atom stereocenters. The van der Waals surface area contributed by atoms with E-state index < -0.39 is 0 Å². The minimum atomic E-state index is 1.03. The molecule has 1 aromatic carbocycles. The van der Waals surface area contributed by atoms with E-state index in [1.807, 2.05) is 14.0 Å². The number of nitrogens with zero attached hydrogens (tertiary/aromatic N) is 1. The SMILES string of the molecule is CNc1cc(C)nc2c(Br)c(C)ccc12. The molecule has 0 spiro atoms. The molecule has 0 aliphatic rings. The van der Waals surface area contributed by atoms with Crippen molar-refractivity contribution in [3.05, 3.63) is 33.9 Å². The second-order valence-electron chi connectivity index (χ2n) is 3.65. The number of hydrogen-bond donors (Lipinski definition) is 1. The zero-order valence-electron chi connectivity index (χ0n) is 9.06. The molecule has 0 bridgehead atoms. The van der Waals surface area contributed by atoms with Gasteiger partial charge in [0.1, 0.15) is 0 Å². The normalized spacial score (nSPS) is 10.7. The van der Waals surface area contributed by atoms with Gasteiger partial charge in [0.2, 0.25) is 0 Å². The van der Waals surface area contributed by atoms with Crippen molar-refractivity contribution in [3.8, 4) is 0 Å². The van der Waals surface area contributed by atoms with Crippen LogP contribution < -0.4 is 5.32 Å². The smallest absolute Gasteiger partial charge is 0.0870 e. The lowest BCUT2D eigenvalue weighted by molar-refractivity contribution is 1.24. The summed E-state index contributed by atoms with van der Waals surface area (Å²) in [5.41, 5.74) is 4.39. The van der Waals surface area contributed by atoms with E-state index in [0.717, 1.165) is 26.8 Å². The number of halogens is 1. The summed E-state index contributed by atoms with van der Waals surface area (Å²) in [4.78, 5) is 4.56. The van der Waals surface area contributed by atoms with Gasteiger partial charge < -0.3 is 5.32 Å². The fraction of sp³-hybridized carbons (Fsp3) is 0.250. The zero-order chi connectivity index (χ0) is 11.0. The molecule has 2 rings (SSSR count). The number of hydrogen-bond acceptors (Lipinski definition) is 2. The summed E-state index contributed by atoms with van der Waals surface area (Å²) in [5, 5.41) is 4.35. The summed E-state index contributed by atoms with van der Waals surface area (Å²) in [6, 6.07) is 6.27. The van der Waals surface area contributed by atoms with Crippen molar-refractivity contribution in [3.63, 3.8) is 0 Å². The molecule has 0 atom stereocenters. The van der Waals surface area contributed by atoms with Crippen molar-refractivity contribution in [1.82, 2.24) is 4.98 Å². The fourth-order valence-electron chi connectivity index (χ4n) is 1.69. The molecule has 15 heavy (non-hydrogen) atoms. The van der Waals surface area contributed by atoms with Crippen LogP contribution in [-0.2, 0) is 0 Å². The maximum Gasteiger partial charge on any atom is 0.0870 e. The molecule has 0 amide bonds. The van der Waals surface area contributed by atoms with Crippen LogP contribution in [0.15, 0.2) is 22.7 Å². The Balaban J connectivity index is 2.89. The third kappa shape index (κ3) is 1.72. The van der Waals surface area contributed by atoms with Crippen molar-refractivity contribution in [2.45, 2.75) is 13.8 Å². The van der Waals surface area contributed by atoms with Crippen molar-refractivity contribution in [2.75, 3.05) is 12.4 Å². The van der Waals surface area contributed by atoms with E-state index in [0.29, 0.717) is 0 Å². The monoisotopic (exact) mass is 264 g/mol. The topological polar surface area (TPSA) is 24.9 Å². The number of fused-ring (bicyclic) bond motifs is 1. The number of anilines is 1. The van der Waals surface area contributed by atoms with Crippen LogP contribution >= 0.6 is 15.9 Å². The maximum absolute atomic E-state index is 4.56. The Morgan fingerprint density at radius 2 is 2.00 bits per heavy atom. The average Bonchev–Trinajstić information content (AvgIpc) is 2.23. The summed E-state index contributed by atoms with van der Waals surface area (Å²) in [6.45, 7) is 4.08. The lowest BCUT2D eigenvalue weighted by Gasteiger charge is -2.09. The first kappa shape index (κ1) is 10.4. The molecule has 1 aromatic heterocycles. The number of nitrogens with one attached hydrogen (secondary N) is 1. The summed E-state index contributed by atoms with van der Waals surface area (Å²) >= 11 is 3.59. The van der Waals surface area contributed by atoms with Gasteiger partial charge in [-0.3, -0.25) is 4.98 Å². The van der Waals surface area contributed by atoms with Gasteiger partial charge in [-0.2, -0.15) is 0 Å². The van der Waals surface area contributed by atoms with Crippen LogP contribution in [0.5, 0.6) is 0 Å². The molecule has 0 saturated carbocycles. The number of benzene rings is 1. The minimum absolute atomic E-state index is 1.03. The number of aryl methyl sites for hydroxylation is 2. The lowest BCUT2D eigenvalue weighted by Crippen LogP contribution is -1.94. The Labute approximate surface area is 97.8 Å². The highest BCUT2D eigenvalue weighted by atomic mass is 79.9. The first-order valence-electron chi connectivity index (χ1n) is 4.87. The van der Waals surface area contributed by atoms with Crippen molar-refractivity contribution in [2.24, 2.45) is 0 Å². The number of pyridine rings is 1. The zero-order valence-corrected chi connectivity index (χ0v) is 10.6. The van der Waals surface area contributed by atoms with E-state index in [1.165, 1.54) is 5.56 Å². The van der Waals surface area contributed by atoms with Crippen LogP contribution in [0, 0.1) is 13.8 Å². The molecule has 0 radical (unpaired) electrons. The molecular weight excluding hydrogens is 252 g/mol. The van der Waals surface area contributed by atoms with Crippen molar-refractivity contribution in [1.29, 1.82) is 0 Å². The average molecular weight is 265 g/mol. The molecule has 0 fully saturated rings. The summed E-state index contributed by atoms with van der Waals surface area (Å²) in [7, 11) is 1.93. The van der Waals surface area contributed by atoms with Crippen LogP contribution in [0.2, 0.25) is 0 Å². The molecule has 2 nitrogen and oxygen atoms in total. The Morgan fingerprint density at radius 1 is 1.27 bits per heavy atom. The van der Waals surface area contributed by atoms with E-state index in [9.17, 15) is 0 Å². The number of aromatic nitrogens is 1. The minimum Gasteiger partial charge on any atom is -0.388 e. The highest BCUT2D eigenvalue weighted by Crippen LogP contribution is 2.30. The summed E-state index contributed by atoms with van der Waals surface area (Å²) in [5.74, 6) is 0. The quantitative estimate of drug-likeness (QED) is 0.851. The van der Waals surface area contributed by atoms with Crippen LogP contribution in [0.25, 0.3) is 10.9 Å². The number of rotatable bonds is 1. The van der Waals surface area contributed by atoms with Gasteiger partial charge in [-0.15, -0.1) is 0 Å². The molecule has 1 N–H and O–H groups in total. The van der Waals surface area contributed by atoms with E-state index in [4.69, 9.17) is 0 Å². The van der Waals surface area contributed by atoms with Gasteiger partial charge in [0, 0.05) is 28.3 Å². The second kappa shape index (κ2) is 3.81. The van der Waals surface area contributed by atoms with Crippen LogP contribution in [-0.4, -0.2) is 12.0 Å². The van der Waals surface area contributed by atoms with Gasteiger partial charge in [0.25, 0.3) is 0 Å². The van der Waals surface area contributed by atoms with E-state index in [2.05, 4.69) is 51.4 Å². The second-order valence-corrected chi connectivity index (χ2v) is 4.45. The molecule has 3 heteroatoms. The van der Waals surface area contributed by atoms with Gasteiger partial charge >= 0.3 is 0 Å². The maximum atomic E-state index is 4.56. The third-order valence-electron chi connectivity index (χ3n) is 2.51. The molecule has 0 aliphatic carbocycles. The standard InChI is InChI=1S/C12H13BrN2/c1-7-4-5-9-10(14-3)6-8(2)15-12(9)11(7)13/h4-6H,1-3H3,(H,14,15). The Bertz CT molecular complexity index is 521. The van der Waals surface area contributed by atoms with Crippen molar-refractivity contribution >= 4 is 32.5 Å². The van der Waals surface area contributed by atoms with Crippen LogP contribution in [0.4, 0.5) is 5.69 Å². The molecular formula is C12H13BrN2. The molecule has 0 aliphatic heterocycles. The molecule has 78 valence electrons. The lowest BCUT2D eigenvalue weighted by atomic mass is 10.1. The van der Waals surface area contributed by atoms with Gasteiger partial charge in [-0.1, -0.05) is 12.1 Å². The first-order valence-corrected chi connectivity index (χ1v) is 5.67. The Hall–Kier alpha value is -1.09. The van der Waals surface area contributed by atoms with Crippen molar-refractivity contribution < 1.29 is 0 Å². The summed E-state index contributed by atoms with van der Waals surface area (Å²) in [6.07, 6.45) is 0. The molecule has 1 heterocycles. The predicted octanol–water partition coefficient (Wildman–Crippen LogP) is 3.66. The van der Waals surface area contributed by atoms with E-state index >= 15 is 0 Å². The van der Waals surface area contributed by atoms with Gasteiger partial charge in [0.05, 0.1) is 5.52 Å². The highest BCUT2D eigenvalue weighted by molar-refractivity contribution is 9.10. The summed E-state index contributed by atoms with van der Waals surface area (Å²) < 4.78 is 1.08. The van der Waals surface area contributed by atoms with Gasteiger partial charge in [-0.05, 0) is 41.4 Å². The Kier molecular flexibility index (Phi) is 2.65. The fourth-order valence-corrected chi connectivity index (χ4v) is 2.13. The van der Waals surface area contributed by atoms with Crippen LogP contribution in [0.1, 0.15) is 11.3 Å².